The standard InChI is InChI=1S/C20H31N3O3S/c1-22(2)19-12-11-17(27(25,26)23-13-7-4-8-14-23)15-18(19)21-20(24)16-9-5-3-6-10-16/h11-12,15-16H,3-10,13-14H2,1-2H3,(H,21,24). The molecular formula is C20H31N3O3S. The molecule has 1 aromatic rings. The van der Waals surface area contributed by atoms with Crippen LogP contribution in [0.5, 0.6) is 0 Å². The Kier molecular flexibility index (Phi) is 6.42. The second-order valence-electron chi connectivity index (χ2n) is 7.86. The average Bonchev–Trinajstić information content (AvgIpc) is 2.69. The zero-order chi connectivity index (χ0) is 19.4. The van der Waals surface area contributed by atoms with Crippen LogP contribution >= 0.6 is 0 Å². The van der Waals surface area contributed by atoms with Crippen LogP contribution in [0.4, 0.5) is 11.4 Å². The summed E-state index contributed by atoms with van der Waals surface area (Å²) < 4.78 is 27.6. The van der Waals surface area contributed by atoms with Gasteiger partial charge in [0.1, 0.15) is 0 Å². The lowest BCUT2D eigenvalue weighted by molar-refractivity contribution is -0.120. The van der Waals surface area contributed by atoms with Gasteiger partial charge in [-0.05, 0) is 43.9 Å². The lowest BCUT2D eigenvalue weighted by Crippen LogP contribution is -2.35. The second kappa shape index (κ2) is 8.61. The molecule has 0 unspecified atom stereocenters. The summed E-state index contributed by atoms with van der Waals surface area (Å²) in [6.07, 6.45) is 8.07. The molecule has 0 aromatic heterocycles. The summed E-state index contributed by atoms with van der Waals surface area (Å²) in [5, 5.41) is 3.01. The molecule has 1 aromatic carbocycles. The summed E-state index contributed by atoms with van der Waals surface area (Å²) in [6, 6.07) is 5.06. The third-order valence-corrected chi connectivity index (χ3v) is 7.53. The van der Waals surface area contributed by atoms with Crippen molar-refractivity contribution in [3.05, 3.63) is 18.2 Å². The van der Waals surface area contributed by atoms with Gasteiger partial charge in [0, 0.05) is 33.1 Å². The highest BCUT2D eigenvalue weighted by atomic mass is 32.2. The number of carbonyl (C=O) groups is 1. The van der Waals surface area contributed by atoms with Crippen LogP contribution < -0.4 is 10.2 Å². The predicted molar refractivity (Wildman–Crippen MR) is 109 cm³/mol. The number of amides is 1. The Hall–Kier alpha value is -1.60. The van der Waals surface area contributed by atoms with Crippen LogP contribution in [0, 0.1) is 5.92 Å². The van der Waals surface area contributed by atoms with Gasteiger partial charge in [0.05, 0.1) is 16.3 Å². The van der Waals surface area contributed by atoms with E-state index in [2.05, 4.69) is 5.32 Å². The molecule has 1 N–H and O–H groups in total. The van der Waals surface area contributed by atoms with Crippen LogP contribution in [0.1, 0.15) is 51.4 Å². The molecule has 0 spiro atoms. The number of piperidine rings is 1. The Morgan fingerprint density at radius 2 is 1.67 bits per heavy atom. The number of hydrogen-bond donors (Lipinski definition) is 1. The molecule has 6 nitrogen and oxygen atoms in total. The lowest BCUT2D eigenvalue weighted by Gasteiger charge is -2.27. The number of carbonyl (C=O) groups excluding carboxylic acids is 1. The Balaban J connectivity index is 1.87. The fourth-order valence-corrected chi connectivity index (χ4v) is 5.56. The van der Waals surface area contributed by atoms with E-state index in [0.717, 1.165) is 50.6 Å². The van der Waals surface area contributed by atoms with Gasteiger partial charge in [0.2, 0.25) is 15.9 Å². The monoisotopic (exact) mass is 393 g/mol. The van der Waals surface area contributed by atoms with E-state index in [1.165, 1.54) is 6.42 Å². The van der Waals surface area contributed by atoms with Crippen LogP contribution in [-0.2, 0) is 14.8 Å². The van der Waals surface area contributed by atoms with Crippen LogP contribution in [0.25, 0.3) is 0 Å². The van der Waals surface area contributed by atoms with Crippen LogP contribution in [0.2, 0.25) is 0 Å². The van der Waals surface area contributed by atoms with E-state index >= 15 is 0 Å². The molecule has 27 heavy (non-hydrogen) atoms. The topological polar surface area (TPSA) is 69.7 Å². The molecule has 150 valence electrons. The Morgan fingerprint density at radius 3 is 2.30 bits per heavy atom. The quantitative estimate of drug-likeness (QED) is 0.832. The maximum atomic E-state index is 13.0. The van der Waals surface area contributed by atoms with E-state index in [4.69, 9.17) is 0 Å². The first-order valence-electron chi connectivity index (χ1n) is 10.0. The molecule has 7 heteroatoms. The third-order valence-electron chi connectivity index (χ3n) is 5.64. The van der Waals surface area contributed by atoms with Gasteiger partial charge in [-0.1, -0.05) is 25.7 Å². The average molecular weight is 394 g/mol. The van der Waals surface area contributed by atoms with Crippen molar-refractivity contribution < 1.29 is 13.2 Å². The minimum Gasteiger partial charge on any atom is -0.376 e. The molecule has 1 heterocycles. The minimum atomic E-state index is -3.52. The molecule has 2 aliphatic rings. The molecule has 0 radical (unpaired) electrons. The number of sulfonamides is 1. The van der Waals surface area contributed by atoms with Gasteiger partial charge in [0.15, 0.2) is 0 Å². The fraction of sp³-hybridized carbons (Fsp3) is 0.650. The number of rotatable bonds is 5. The number of benzene rings is 1. The molecule has 1 aliphatic heterocycles. The van der Waals surface area contributed by atoms with E-state index in [1.54, 1.807) is 22.5 Å². The maximum absolute atomic E-state index is 13.0. The van der Waals surface area contributed by atoms with E-state index in [0.29, 0.717) is 18.8 Å². The first kappa shape index (κ1) is 20.1. The summed E-state index contributed by atoms with van der Waals surface area (Å²) in [5.41, 5.74) is 1.39. The van der Waals surface area contributed by atoms with E-state index < -0.39 is 10.0 Å². The van der Waals surface area contributed by atoms with Gasteiger partial charge in [-0.15, -0.1) is 0 Å². The summed E-state index contributed by atoms with van der Waals surface area (Å²) in [7, 11) is 0.262. The normalized spacial score (nSPS) is 19.6. The Labute approximate surface area is 163 Å². The molecule has 0 bridgehead atoms. The highest BCUT2D eigenvalue weighted by Gasteiger charge is 2.28. The first-order valence-corrected chi connectivity index (χ1v) is 11.5. The number of nitrogens with zero attached hydrogens (tertiary/aromatic N) is 2. The zero-order valence-electron chi connectivity index (χ0n) is 16.4. The summed E-state index contributed by atoms with van der Waals surface area (Å²) in [5.74, 6) is 0.0291. The van der Waals surface area contributed by atoms with Crippen molar-refractivity contribution in [3.8, 4) is 0 Å². The van der Waals surface area contributed by atoms with Crippen molar-refractivity contribution in [2.75, 3.05) is 37.4 Å². The highest BCUT2D eigenvalue weighted by molar-refractivity contribution is 7.89. The first-order chi connectivity index (χ1) is 12.9. The number of hydrogen-bond acceptors (Lipinski definition) is 4. The molecule has 0 atom stereocenters. The lowest BCUT2D eigenvalue weighted by atomic mass is 9.88. The minimum absolute atomic E-state index is 0.00493. The highest BCUT2D eigenvalue weighted by Crippen LogP contribution is 2.32. The molecule has 2 fully saturated rings. The van der Waals surface area contributed by atoms with Gasteiger partial charge in [-0.25, -0.2) is 8.42 Å². The molecule has 1 saturated heterocycles. The van der Waals surface area contributed by atoms with Crippen molar-refractivity contribution in [3.63, 3.8) is 0 Å². The van der Waals surface area contributed by atoms with Gasteiger partial charge in [-0.3, -0.25) is 4.79 Å². The second-order valence-corrected chi connectivity index (χ2v) is 9.80. The smallest absolute Gasteiger partial charge is 0.243 e. The van der Waals surface area contributed by atoms with Crippen molar-refractivity contribution in [2.45, 2.75) is 56.3 Å². The molecular weight excluding hydrogens is 362 g/mol. The molecule has 1 aliphatic carbocycles. The summed E-state index contributed by atoms with van der Waals surface area (Å²) >= 11 is 0. The number of anilines is 2. The third kappa shape index (κ3) is 4.63. The van der Waals surface area contributed by atoms with Crippen LogP contribution in [-0.4, -0.2) is 45.8 Å². The van der Waals surface area contributed by atoms with E-state index in [1.807, 2.05) is 19.0 Å². The fourth-order valence-electron chi connectivity index (χ4n) is 4.02. The number of nitrogens with one attached hydrogen (secondary N) is 1. The van der Waals surface area contributed by atoms with Crippen molar-refractivity contribution >= 4 is 27.3 Å². The molecule has 1 saturated carbocycles. The van der Waals surface area contributed by atoms with Crippen molar-refractivity contribution in [1.29, 1.82) is 0 Å². The largest absolute Gasteiger partial charge is 0.376 e. The summed E-state index contributed by atoms with van der Waals surface area (Å²) in [4.78, 5) is 14.9. The Morgan fingerprint density at radius 1 is 1.04 bits per heavy atom. The van der Waals surface area contributed by atoms with E-state index in [9.17, 15) is 13.2 Å². The van der Waals surface area contributed by atoms with Gasteiger partial charge >= 0.3 is 0 Å². The molecule has 3 rings (SSSR count). The van der Waals surface area contributed by atoms with Crippen LogP contribution in [0.15, 0.2) is 23.1 Å². The predicted octanol–water partition coefficient (Wildman–Crippen LogP) is 3.45. The van der Waals surface area contributed by atoms with Crippen molar-refractivity contribution in [1.82, 2.24) is 4.31 Å². The summed E-state index contributed by atoms with van der Waals surface area (Å²) in [6.45, 7) is 1.14. The zero-order valence-corrected chi connectivity index (χ0v) is 17.2. The van der Waals surface area contributed by atoms with Crippen molar-refractivity contribution in [2.24, 2.45) is 5.92 Å². The van der Waals surface area contributed by atoms with Crippen LogP contribution in [0.3, 0.4) is 0 Å². The van der Waals surface area contributed by atoms with Gasteiger partial charge in [-0.2, -0.15) is 4.31 Å². The van der Waals surface area contributed by atoms with Gasteiger partial charge < -0.3 is 10.2 Å². The molecule has 1 amide bonds. The maximum Gasteiger partial charge on any atom is 0.243 e. The Bertz CT molecular complexity index is 765. The SMILES string of the molecule is CN(C)c1ccc(S(=O)(=O)N2CCCCC2)cc1NC(=O)C1CCCCC1. The van der Waals surface area contributed by atoms with Gasteiger partial charge in [0.25, 0.3) is 0 Å². The van der Waals surface area contributed by atoms with E-state index in [-0.39, 0.29) is 16.7 Å².